The van der Waals surface area contributed by atoms with Crippen LogP contribution in [-0.2, 0) is 11.2 Å². The molecule has 0 saturated heterocycles. The number of hydrogen-bond donors (Lipinski definition) is 2. The summed E-state index contributed by atoms with van der Waals surface area (Å²) in [6.07, 6.45) is 2.01. The molecule has 0 bridgehead atoms. The van der Waals surface area contributed by atoms with E-state index in [0.717, 1.165) is 24.0 Å². The lowest BCUT2D eigenvalue weighted by Gasteiger charge is -2.20. The number of carbonyl (C=O) groups is 1. The standard InChI is InChI=1S/C15H21NO2/c1-3-6-10(2)15(18)16-14-12-8-5-4-7-11(12)9-13(14)17/h4-5,7-8,10,13-14,17H,3,6,9H2,1-2H3,(H,16,18)/t10?,13-,14+/m0/s1. The Morgan fingerprint density at radius 1 is 1.50 bits per heavy atom. The summed E-state index contributed by atoms with van der Waals surface area (Å²) >= 11 is 0. The normalized spacial score (nSPS) is 23.5. The summed E-state index contributed by atoms with van der Waals surface area (Å²) in [4.78, 5) is 12.0. The van der Waals surface area contributed by atoms with Crippen molar-refractivity contribution in [2.45, 2.75) is 45.3 Å². The highest BCUT2D eigenvalue weighted by atomic mass is 16.3. The second-order valence-corrected chi connectivity index (χ2v) is 5.15. The van der Waals surface area contributed by atoms with Gasteiger partial charge in [-0.15, -0.1) is 0 Å². The highest BCUT2D eigenvalue weighted by Gasteiger charge is 2.32. The van der Waals surface area contributed by atoms with E-state index in [9.17, 15) is 9.90 Å². The molecule has 18 heavy (non-hydrogen) atoms. The van der Waals surface area contributed by atoms with Crippen molar-refractivity contribution in [3.8, 4) is 0 Å². The van der Waals surface area contributed by atoms with E-state index in [2.05, 4.69) is 12.2 Å². The summed E-state index contributed by atoms with van der Waals surface area (Å²) in [5.74, 6) is 0.0487. The molecule has 3 atom stereocenters. The van der Waals surface area contributed by atoms with Gasteiger partial charge in [-0.25, -0.2) is 0 Å². The lowest BCUT2D eigenvalue weighted by Crippen LogP contribution is -2.37. The van der Waals surface area contributed by atoms with E-state index in [1.165, 1.54) is 0 Å². The molecule has 1 amide bonds. The maximum Gasteiger partial charge on any atom is 0.223 e. The number of benzene rings is 1. The van der Waals surface area contributed by atoms with Crippen LogP contribution in [0.15, 0.2) is 24.3 Å². The summed E-state index contributed by atoms with van der Waals surface area (Å²) in [5.41, 5.74) is 2.19. The molecular formula is C15H21NO2. The smallest absolute Gasteiger partial charge is 0.223 e. The molecule has 0 heterocycles. The third-order valence-electron chi connectivity index (χ3n) is 3.67. The molecule has 2 N–H and O–H groups in total. The van der Waals surface area contributed by atoms with Gasteiger partial charge in [-0.05, 0) is 17.5 Å². The highest BCUT2D eigenvalue weighted by molar-refractivity contribution is 5.79. The van der Waals surface area contributed by atoms with Gasteiger partial charge in [-0.2, -0.15) is 0 Å². The molecule has 3 nitrogen and oxygen atoms in total. The molecule has 1 aliphatic carbocycles. The van der Waals surface area contributed by atoms with Crippen LogP contribution in [0.25, 0.3) is 0 Å². The number of carbonyl (C=O) groups excluding carboxylic acids is 1. The first-order valence-corrected chi connectivity index (χ1v) is 6.69. The zero-order chi connectivity index (χ0) is 13.1. The predicted molar refractivity (Wildman–Crippen MR) is 71.1 cm³/mol. The minimum atomic E-state index is -0.500. The van der Waals surface area contributed by atoms with Crippen molar-refractivity contribution < 1.29 is 9.90 Å². The summed E-state index contributed by atoms with van der Waals surface area (Å²) in [5, 5.41) is 13.0. The van der Waals surface area contributed by atoms with Gasteiger partial charge in [0, 0.05) is 12.3 Å². The van der Waals surface area contributed by atoms with Crippen LogP contribution < -0.4 is 5.32 Å². The number of nitrogens with one attached hydrogen (secondary N) is 1. The van der Waals surface area contributed by atoms with Crippen LogP contribution in [0.2, 0.25) is 0 Å². The van der Waals surface area contributed by atoms with Crippen LogP contribution in [0.5, 0.6) is 0 Å². The van der Waals surface area contributed by atoms with Crippen molar-refractivity contribution in [3.05, 3.63) is 35.4 Å². The molecule has 3 heteroatoms. The van der Waals surface area contributed by atoms with Gasteiger partial charge in [-0.1, -0.05) is 44.5 Å². The van der Waals surface area contributed by atoms with Gasteiger partial charge in [0.05, 0.1) is 12.1 Å². The molecule has 0 fully saturated rings. The Bertz CT molecular complexity index is 430. The molecule has 0 radical (unpaired) electrons. The Hall–Kier alpha value is -1.35. The molecular weight excluding hydrogens is 226 g/mol. The number of aliphatic hydroxyl groups excluding tert-OH is 1. The fraction of sp³-hybridized carbons (Fsp3) is 0.533. The van der Waals surface area contributed by atoms with Crippen molar-refractivity contribution in [1.29, 1.82) is 0 Å². The van der Waals surface area contributed by atoms with Crippen LogP contribution >= 0.6 is 0 Å². The van der Waals surface area contributed by atoms with E-state index < -0.39 is 6.10 Å². The van der Waals surface area contributed by atoms with E-state index in [4.69, 9.17) is 0 Å². The molecule has 98 valence electrons. The topological polar surface area (TPSA) is 49.3 Å². The van der Waals surface area contributed by atoms with Gasteiger partial charge >= 0.3 is 0 Å². The van der Waals surface area contributed by atoms with Gasteiger partial charge in [0.15, 0.2) is 0 Å². The van der Waals surface area contributed by atoms with Gasteiger partial charge < -0.3 is 10.4 Å². The SMILES string of the molecule is CCCC(C)C(=O)N[C@@H]1c2ccccc2C[C@@H]1O. The maximum absolute atomic E-state index is 12.0. The molecule has 0 saturated carbocycles. The fourth-order valence-electron chi connectivity index (χ4n) is 2.61. The van der Waals surface area contributed by atoms with Crippen LogP contribution in [-0.4, -0.2) is 17.1 Å². The summed E-state index contributed by atoms with van der Waals surface area (Å²) < 4.78 is 0. The molecule has 0 aromatic heterocycles. The first-order valence-electron chi connectivity index (χ1n) is 6.69. The number of aliphatic hydroxyl groups is 1. The average molecular weight is 247 g/mol. The van der Waals surface area contributed by atoms with E-state index in [0.29, 0.717) is 6.42 Å². The van der Waals surface area contributed by atoms with Crippen LogP contribution in [0.3, 0.4) is 0 Å². The Labute approximate surface area is 108 Å². The lowest BCUT2D eigenvalue weighted by molar-refractivity contribution is -0.126. The van der Waals surface area contributed by atoms with Crippen molar-refractivity contribution in [1.82, 2.24) is 5.32 Å². The molecule has 1 unspecified atom stereocenters. The van der Waals surface area contributed by atoms with E-state index in [1.807, 2.05) is 31.2 Å². The van der Waals surface area contributed by atoms with Crippen molar-refractivity contribution in [2.75, 3.05) is 0 Å². The van der Waals surface area contributed by atoms with Crippen molar-refractivity contribution >= 4 is 5.91 Å². The fourth-order valence-corrected chi connectivity index (χ4v) is 2.61. The summed E-state index contributed by atoms with van der Waals surface area (Å²) in [7, 11) is 0. The van der Waals surface area contributed by atoms with Crippen LogP contribution in [0.4, 0.5) is 0 Å². The lowest BCUT2D eigenvalue weighted by atomic mass is 10.0. The van der Waals surface area contributed by atoms with Gasteiger partial charge in [0.1, 0.15) is 0 Å². The van der Waals surface area contributed by atoms with E-state index >= 15 is 0 Å². The van der Waals surface area contributed by atoms with Gasteiger partial charge in [0.2, 0.25) is 5.91 Å². The zero-order valence-corrected chi connectivity index (χ0v) is 11.0. The number of fused-ring (bicyclic) bond motifs is 1. The Morgan fingerprint density at radius 2 is 2.22 bits per heavy atom. The Balaban J connectivity index is 2.08. The van der Waals surface area contributed by atoms with E-state index in [1.54, 1.807) is 0 Å². The quantitative estimate of drug-likeness (QED) is 0.857. The first-order chi connectivity index (χ1) is 8.63. The third kappa shape index (κ3) is 2.56. The molecule has 1 aromatic carbocycles. The minimum absolute atomic E-state index is 0.00922. The number of rotatable bonds is 4. The second kappa shape index (κ2) is 5.53. The molecule has 0 aliphatic heterocycles. The Morgan fingerprint density at radius 3 is 2.94 bits per heavy atom. The number of hydrogen-bond acceptors (Lipinski definition) is 2. The Kier molecular flexibility index (Phi) is 4.02. The largest absolute Gasteiger partial charge is 0.390 e. The second-order valence-electron chi connectivity index (χ2n) is 5.15. The van der Waals surface area contributed by atoms with Crippen molar-refractivity contribution in [2.24, 2.45) is 5.92 Å². The van der Waals surface area contributed by atoms with Crippen LogP contribution in [0, 0.1) is 5.92 Å². The maximum atomic E-state index is 12.0. The van der Waals surface area contributed by atoms with Gasteiger partial charge in [0.25, 0.3) is 0 Å². The van der Waals surface area contributed by atoms with Gasteiger partial charge in [-0.3, -0.25) is 4.79 Å². The van der Waals surface area contributed by atoms with Crippen molar-refractivity contribution in [3.63, 3.8) is 0 Å². The number of amides is 1. The summed E-state index contributed by atoms with van der Waals surface area (Å²) in [6.45, 7) is 4.01. The minimum Gasteiger partial charge on any atom is -0.390 e. The van der Waals surface area contributed by atoms with E-state index in [-0.39, 0.29) is 17.9 Å². The predicted octanol–water partition coefficient (Wildman–Crippen LogP) is 2.20. The highest BCUT2D eigenvalue weighted by Crippen LogP contribution is 2.31. The summed E-state index contributed by atoms with van der Waals surface area (Å²) in [6, 6.07) is 7.68. The molecule has 2 rings (SSSR count). The monoisotopic (exact) mass is 247 g/mol. The first kappa shape index (κ1) is 13.1. The average Bonchev–Trinajstić information content (AvgIpc) is 2.66. The molecule has 1 aromatic rings. The molecule has 0 spiro atoms. The zero-order valence-electron chi connectivity index (χ0n) is 11.0. The third-order valence-corrected chi connectivity index (χ3v) is 3.67. The van der Waals surface area contributed by atoms with Crippen LogP contribution in [0.1, 0.15) is 43.9 Å². The molecule has 1 aliphatic rings.